The van der Waals surface area contributed by atoms with Gasteiger partial charge in [-0.1, -0.05) is 11.8 Å². The maximum absolute atomic E-state index is 11.9. The number of rotatable bonds is 2. The fourth-order valence-corrected chi connectivity index (χ4v) is 2.64. The molecular formula is C12H13N5OS. The molecule has 0 aliphatic heterocycles. The molecule has 7 heteroatoms. The molecule has 3 rings (SSSR count). The summed E-state index contributed by atoms with van der Waals surface area (Å²) in [7, 11) is 0. The third-order valence-electron chi connectivity index (χ3n) is 3.13. The fourth-order valence-electron chi connectivity index (χ4n) is 2.26. The van der Waals surface area contributed by atoms with Crippen LogP contribution in [-0.4, -0.2) is 25.8 Å². The first-order valence-corrected chi connectivity index (χ1v) is 7.21. The van der Waals surface area contributed by atoms with Crippen LogP contribution in [-0.2, 0) is 12.8 Å². The SMILES string of the molecule is CSc1nc2c(c(-n3ccc(N)nc3=O)n1)CCC2. The molecule has 0 amide bonds. The predicted molar refractivity (Wildman–Crippen MR) is 73.6 cm³/mol. The van der Waals surface area contributed by atoms with Gasteiger partial charge in [0.2, 0.25) is 0 Å². The van der Waals surface area contributed by atoms with E-state index in [9.17, 15) is 4.79 Å². The number of nitrogens with two attached hydrogens (primary N) is 1. The van der Waals surface area contributed by atoms with Crippen molar-refractivity contribution >= 4 is 17.6 Å². The molecule has 0 fully saturated rings. The van der Waals surface area contributed by atoms with E-state index in [0.717, 1.165) is 30.5 Å². The quantitative estimate of drug-likeness (QED) is 0.645. The van der Waals surface area contributed by atoms with Crippen molar-refractivity contribution in [3.05, 3.63) is 34.0 Å². The number of nitrogen functional groups attached to an aromatic ring is 1. The molecule has 0 saturated carbocycles. The highest BCUT2D eigenvalue weighted by atomic mass is 32.2. The van der Waals surface area contributed by atoms with Crippen molar-refractivity contribution in [1.29, 1.82) is 0 Å². The zero-order chi connectivity index (χ0) is 13.4. The first-order valence-electron chi connectivity index (χ1n) is 5.98. The second kappa shape index (κ2) is 4.65. The van der Waals surface area contributed by atoms with E-state index in [4.69, 9.17) is 5.73 Å². The van der Waals surface area contributed by atoms with Crippen LogP contribution in [0.1, 0.15) is 17.7 Å². The fraction of sp³-hybridized carbons (Fsp3) is 0.333. The molecule has 6 nitrogen and oxygen atoms in total. The molecule has 0 radical (unpaired) electrons. The summed E-state index contributed by atoms with van der Waals surface area (Å²) in [6.45, 7) is 0. The van der Waals surface area contributed by atoms with E-state index in [-0.39, 0.29) is 5.82 Å². The second-order valence-corrected chi connectivity index (χ2v) is 5.09. The molecule has 1 aliphatic rings. The van der Waals surface area contributed by atoms with Crippen LogP contribution in [0.15, 0.2) is 22.2 Å². The molecule has 98 valence electrons. The van der Waals surface area contributed by atoms with Crippen molar-refractivity contribution in [2.45, 2.75) is 24.4 Å². The Morgan fingerprint density at radius 2 is 2.16 bits per heavy atom. The molecule has 0 saturated heterocycles. The Morgan fingerprint density at radius 3 is 2.89 bits per heavy atom. The lowest BCUT2D eigenvalue weighted by molar-refractivity contribution is 0.813. The topological polar surface area (TPSA) is 86.7 Å². The highest BCUT2D eigenvalue weighted by Gasteiger charge is 2.21. The van der Waals surface area contributed by atoms with Gasteiger partial charge in [-0.05, 0) is 31.6 Å². The Kier molecular flexibility index (Phi) is 2.98. The standard InChI is InChI=1S/C12H13N5OS/c1-19-11-14-8-4-2-3-7(8)10(16-11)17-6-5-9(13)15-12(17)18/h5-6H,2-4H2,1H3,(H2,13,15,18). The number of anilines is 1. The van der Waals surface area contributed by atoms with Crippen molar-refractivity contribution in [1.82, 2.24) is 19.5 Å². The van der Waals surface area contributed by atoms with E-state index < -0.39 is 5.69 Å². The van der Waals surface area contributed by atoms with Crippen LogP contribution < -0.4 is 11.4 Å². The summed E-state index contributed by atoms with van der Waals surface area (Å²) in [6.07, 6.45) is 6.43. The Labute approximate surface area is 114 Å². The third-order valence-corrected chi connectivity index (χ3v) is 3.67. The normalized spacial score (nSPS) is 13.5. The molecule has 2 N–H and O–H groups in total. The molecule has 0 aromatic carbocycles. The molecule has 2 heterocycles. The smallest absolute Gasteiger partial charge is 0.355 e. The van der Waals surface area contributed by atoms with Crippen molar-refractivity contribution < 1.29 is 0 Å². The van der Waals surface area contributed by atoms with E-state index in [1.807, 2.05) is 6.26 Å². The monoisotopic (exact) mass is 275 g/mol. The molecule has 1 aliphatic carbocycles. The molecule has 2 aromatic heterocycles. The van der Waals surface area contributed by atoms with Crippen molar-refractivity contribution in [2.24, 2.45) is 0 Å². The van der Waals surface area contributed by atoms with Gasteiger partial charge in [0.25, 0.3) is 0 Å². The van der Waals surface area contributed by atoms with Gasteiger partial charge >= 0.3 is 5.69 Å². The van der Waals surface area contributed by atoms with Crippen molar-refractivity contribution in [2.75, 3.05) is 12.0 Å². The maximum Gasteiger partial charge on any atom is 0.355 e. The van der Waals surface area contributed by atoms with Crippen LogP contribution in [0.3, 0.4) is 0 Å². The summed E-state index contributed by atoms with van der Waals surface area (Å²) >= 11 is 1.47. The minimum Gasteiger partial charge on any atom is -0.383 e. The van der Waals surface area contributed by atoms with Gasteiger partial charge in [-0.15, -0.1) is 0 Å². The zero-order valence-electron chi connectivity index (χ0n) is 10.5. The minimum atomic E-state index is -0.403. The van der Waals surface area contributed by atoms with Gasteiger partial charge in [-0.2, -0.15) is 4.98 Å². The first kappa shape index (κ1) is 12.2. The first-order chi connectivity index (χ1) is 9.19. The van der Waals surface area contributed by atoms with Crippen LogP contribution in [0, 0.1) is 0 Å². The summed E-state index contributed by atoms with van der Waals surface area (Å²) in [5.74, 6) is 0.862. The van der Waals surface area contributed by atoms with Crippen LogP contribution in [0.4, 0.5) is 5.82 Å². The summed E-state index contributed by atoms with van der Waals surface area (Å²) in [6, 6.07) is 1.60. The van der Waals surface area contributed by atoms with Gasteiger partial charge in [-0.3, -0.25) is 4.57 Å². The van der Waals surface area contributed by atoms with E-state index >= 15 is 0 Å². The summed E-state index contributed by atoms with van der Waals surface area (Å²) in [5, 5.41) is 0.680. The van der Waals surface area contributed by atoms with Crippen LogP contribution in [0.5, 0.6) is 0 Å². The lowest BCUT2D eigenvalue weighted by Crippen LogP contribution is -2.24. The van der Waals surface area contributed by atoms with Gasteiger partial charge in [0, 0.05) is 11.8 Å². The van der Waals surface area contributed by atoms with E-state index in [2.05, 4.69) is 15.0 Å². The van der Waals surface area contributed by atoms with Crippen LogP contribution in [0.2, 0.25) is 0 Å². The second-order valence-electron chi connectivity index (χ2n) is 4.32. The van der Waals surface area contributed by atoms with Gasteiger partial charge in [-0.25, -0.2) is 14.8 Å². The average molecular weight is 275 g/mol. The lowest BCUT2D eigenvalue weighted by Gasteiger charge is -2.10. The van der Waals surface area contributed by atoms with E-state index in [1.165, 1.54) is 16.3 Å². The number of hydrogen-bond acceptors (Lipinski definition) is 6. The van der Waals surface area contributed by atoms with Gasteiger partial charge in [0.15, 0.2) is 5.16 Å². The summed E-state index contributed by atoms with van der Waals surface area (Å²) < 4.78 is 1.45. The molecular weight excluding hydrogens is 262 g/mol. The molecule has 0 unspecified atom stereocenters. The number of fused-ring (bicyclic) bond motifs is 1. The molecule has 19 heavy (non-hydrogen) atoms. The number of thioether (sulfide) groups is 1. The van der Waals surface area contributed by atoms with E-state index in [0.29, 0.717) is 11.0 Å². The number of aromatic nitrogens is 4. The lowest BCUT2D eigenvalue weighted by atomic mass is 10.2. The Balaban J connectivity index is 2.24. The highest BCUT2D eigenvalue weighted by Crippen LogP contribution is 2.26. The number of nitrogens with zero attached hydrogens (tertiary/aromatic N) is 4. The Hall–Kier alpha value is -1.89. The Bertz CT molecular complexity index is 697. The largest absolute Gasteiger partial charge is 0.383 e. The van der Waals surface area contributed by atoms with E-state index in [1.54, 1.807) is 12.3 Å². The molecule has 0 atom stereocenters. The molecule has 2 aromatic rings. The maximum atomic E-state index is 11.9. The van der Waals surface area contributed by atoms with Crippen LogP contribution >= 0.6 is 11.8 Å². The average Bonchev–Trinajstić information content (AvgIpc) is 2.86. The number of hydrogen-bond donors (Lipinski definition) is 1. The van der Waals surface area contributed by atoms with Gasteiger partial charge in [0.05, 0.1) is 5.69 Å². The van der Waals surface area contributed by atoms with Crippen molar-refractivity contribution in [3.63, 3.8) is 0 Å². The zero-order valence-corrected chi connectivity index (χ0v) is 11.3. The highest BCUT2D eigenvalue weighted by molar-refractivity contribution is 7.98. The number of aryl methyl sites for hydroxylation is 1. The minimum absolute atomic E-state index is 0.219. The third kappa shape index (κ3) is 2.10. The predicted octanol–water partition coefficient (Wildman–Crippen LogP) is 0.815. The molecule has 0 bridgehead atoms. The van der Waals surface area contributed by atoms with Crippen LogP contribution in [0.25, 0.3) is 5.82 Å². The van der Waals surface area contributed by atoms with Crippen molar-refractivity contribution in [3.8, 4) is 5.82 Å². The van der Waals surface area contributed by atoms with Gasteiger partial charge < -0.3 is 5.73 Å². The summed E-state index contributed by atoms with van der Waals surface area (Å²) in [4.78, 5) is 24.6. The summed E-state index contributed by atoms with van der Waals surface area (Å²) in [5.41, 5.74) is 7.20. The molecule has 0 spiro atoms. The Morgan fingerprint density at radius 1 is 1.32 bits per heavy atom. The van der Waals surface area contributed by atoms with Gasteiger partial charge in [0.1, 0.15) is 11.6 Å².